The van der Waals surface area contributed by atoms with E-state index in [4.69, 9.17) is 10.5 Å². The second-order valence-corrected chi connectivity index (χ2v) is 4.35. The lowest BCUT2D eigenvalue weighted by molar-refractivity contribution is 0.305. The highest BCUT2D eigenvalue weighted by Crippen LogP contribution is 2.18. The largest absolute Gasteiger partial charge is 0.489 e. The minimum atomic E-state index is 0.0244. The Bertz CT molecular complexity index is 505. The Morgan fingerprint density at radius 2 is 2.28 bits per heavy atom. The van der Waals surface area contributed by atoms with Gasteiger partial charge in [-0.25, -0.2) is 0 Å². The molecule has 1 aromatic heterocycles. The highest BCUT2D eigenvalue weighted by molar-refractivity contribution is 5.30. The van der Waals surface area contributed by atoms with Crippen molar-refractivity contribution in [3.8, 4) is 5.75 Å². The molecule has 0 radical (unpaired) electrons. The number of ether oxygens (including phenoxy) is 1. The number of benzene rings is 1. The molecule has 4 nitrogen and oxygen atoms in total. The standard InChI is InChI=1S/C14H19N3O/c1-3-17-9-12(8-16-17)10-18-14-6-4-5-13(7-14)11(2)15/h4-9,11H,3,10,15H2,1-2H3/t11-/m0/s1. The van der Waals surface area contributed by atoms with Crippen molar-refractivity contribution in [1.82, 2.24) is 9.78 Å². The normalized spacial score (nSPS) is 12.4. The van der Waals surface area contributed by atoms with E-state index < -0.39 is 0 Å². The lowest BCUT2D eigenvalue weighted by atomic mass is 10.1. The molecule has 0 aliphatic rings. The lowest BCUT2D eigenvalue weighted by Crippen LogP contribution is -2.05. The fourth-order valence-electron chi connectivity index (χ4n) is 1.71. The minimum Gasteiger partial charge on any atom is -0.489 e. The van der Waals surface area contributed by atoms with Gasteiger partial charge in [-0.3, -0.25) is 4.68 Å². The molecule has 0 saturated carbocycles. The van der Waals surface area contributed by atoms with E-state index in [9.17, 15) is 0 Å². The van der Waals surface area contributed by atoms with Crippen molar-refractivity contribution in [2.45, 2.75) is 33.0 Å². The molecule has 0 saturated heterocycles. The maximum atomic E-state index is 5.84. The summed E-state index contributed by atoms with van der Waals surface area (Å²) < 4.78 is 7.62. The topological polar surface area (TPSA) is 53.1 Å². The molecule has 1 atom stereocenters. The number of nitrogens with two attached hydrogens (primary N) is 1. The van der Waals surface area contributed by atoms with E-state index in [0.717, 1.165) is 23.4 Å². The zero-order valence-corrected chi connectivity index (χ0v) is 10.8. The lowest BCUT2D eigenvalue weighted by Gasteiger charge is -2.09. The van der Waals surface area contributed by atoms with E-state index in [1.807, 2.05) is 48.3 Å². The van der Waals surface area contributed by atoms with Crippen molar-refractivity contribution in [3.05, 3.63) is 47.8 Å². The molecule has 2 rings (SSSR count). The maximum absolute atomic E-state index is 5.84. The second kappa shape index (κ2) is 5.69. The van der Waals surface area contributed by atoms with Crippen LogP contribution in [0, 0.1) is 0 Å². The van der Waals surface area contributed by atoms with E-state index in [1.54, 1.807) is 0 Å². The molecule has 0 bridgehead atoms. The molecule has 1 heterocycles. The summed E-state index contributed by atoms with van der Waals surface area (Å²) >= 11 is 0. The maximum Gasteiger partial charge on any atom is 0.120 e. The van der Waals surface area contributed by atoms with Crippen molar-refractivity contribution in [1.29, 1.82) is 0 Å². The molecule has 0 spiro atoms. The molecular weight excluding hydrogens is 226 g/mol. The van der Waals surface area contributed by atoms with Crippen LogP contribution in [0.5, 0.6) is 5.75 Å². The molecule has 0 fully saturated rings. The van der Waals surface area contributed by atoms with Crippen molar-refractivity contribution >= 4 is 0 Å². The van der Waals surface area contributed by atoms with Crippen LogP contribution in [0.15, 0.2) is 36.7 Å². The molecule has 2 N–H and O–H groups in total. The third kappa shape index (κ3) is 3.11. The Hall–Kier alpha value is -1.81. The first kappa shape index (κ1) is 12.6. The van der Waals surface area contributed by atoms with Crippen molar-refractivity contribution in [2.75, 3.05) is 0 Å². The number of aromatic nitrogens is 2. The first-order valence-electron chi connectivity index (χ1n) is 6.18. The fraction of sp³-hybridized carbons (Fsp3) is 0.357. The van der Waals surface area contributed by atoms with Crippen LogP contribution in [0.25, 0.3) is 0 Å². The summed E-state index contributed by atoms with van der Waals surface area (Å²) in [4.78, 5) is 0. The molecule has 0 unspecified atom stereocenters. The smallest absolute Gasteiger partial charge is 0.120 e. The number of aryl methyl sites for hydroxylation is 1. The predicted octanol–water partition coefficient (Wildman–Crippen LogP) is 2.50. The summed E-state index contributed by atoms with van der Waals surface area (Å²) in [5.41, 5.74) is 7.99. The zero-order valence-electron chi connectivity index (χ0n) is 10.8. The van der Waals surface area contributed by atoms with Crippen LogP contribution in [-0.4, -0.2) is 9.78 Å². The third-order valence-electron chi connectivity index (χ3n) is 2.80. The van der Waals surface area contributed by atoms with E-state index in [0.29, 0.717) is 6.61 Å². The highest BCUT2D eigenvalue weighted by Gasteiger charge is 2.02. The molecule has 0 aliphatic carbocycles. The Labute approximate surface area is 107 Å². The SMILES string of the molecule is CCn1cc(COc2cccc([C@H](C)N)c2)cn1. The van der Waals surface area contributed by atoms with E-state index in [2.05, 4.69) is 12.0 Å². The number of hydrogen-bond acceptors (Lipinski definition) is 3. The molecule has 2 aromatic rings. The van der Waals surface area contributed by atoms with Crippen molar-refractivity contribution < 1.29 is 4.74 Å². The molecule has 0 amide bonds. The summed E-state index contributed by atoms with van der Waals surface area (Å²) in [6.45, 7) is 5.43. The van der Waals surface area contributed by atoms with Crippen LogP contribution in [-0.2, 0) is 13.2 Å². The van der Waals surface area contributed by atoms with Crippen LogP contribution in [0.4, 0.5) is 0 Å². The van der Waals surface area contributed by atoms with Crippen molar-refractivity contribution in [3.63, 3.8) is 0 Å². The summed E-state index contributed by atoms with van der Waals surface area (Å²) in [6.07, 6.45) is 3.83. The molecule has 96 valence electrons. The summed E-state index contributed by atoms with van der Waals surface area (Å²) in [6, 6.07) is 7.91. The zero-order chi connectivity index (χ0) is 13.0. The predicted molar refractivity (Wildman–Crippen MR) is 71.3 cm³/mol. The molecule has 18 heavy (non-hydrogen) atoms. The van der Waals surface area contributed by atoms with Gasteiger partial charge in [0.05, 0.1) is 6.20 Å². The van der Waals surface area contributed by atoms with Gasteiger partial charge < -0.3 is 10.5 Å². The summed E-state index contributed by atoms with van der Waals surface area (Å²) in [5.74, 6) is 0.842. The quantitative estimate of drug-likeness (QED) is 0.880. The Morgan fingerprint density at radius 3 is 2.94 bits per heavy atom. The average Bonchev–Trinajstić information content (AvgIpc) is 2.84. The van der Waals surface area contributed by atoms with Crippen LogP contribution >= 0.6 is 0 Å². The number of hydrogen-bond donors (Lipinski definition) is 1. The summed E-state index contributed by atoms with van der Waals surface area (Å²) in [5, 5.41) is 4.21. The Balaban J connectivity index is 1.99. The molecular formula is C14H19N3O. The minimum absolute atomic E-state index is 0.0244. The Kier molecular flexibility index (Phi) is 3.99. The molecule has 0 aliphatic heterocycles. The van der Waals surface area contributed by atoms with Crippen LogP contribution < -0.4 is 10.5 Å². The highest BCUT2D eigenvalue weighted by atomic mass is 16.5. The van der Waals surface area contributed by atoms with Crippen LogP contribution in [0.3, 0.4) is 0 Å². The molecule has 1 aromatic carbocycles. The molecule has 4 heteroatoms. The van der Waals surface area contributed by atoms with E-state index in [-0.39, 0.29) is 6.04 Å². The van der Waals surface area contributed by atoms with Gasteiger partial charge in [-0.05, 0) is 31.5 Å². The summed E-state index contributed by atoms with van der Waals surface area (Å²) in [7, 11) is 0. The van der Waals surface area contributed by atoms with Gasteiger partial charge in [0.1, 0.15) is 12.4 Å². The first-order chi connectivity index (χ1) is 8.69. The van der Waals surface area contributed by atoms with Crippen LogP contribution in [0.2, 0.25) is 0 Å². The van der Waals surface area contributed by atoms with Gasteiger partial charge in [-0.15, -0.1) is 0 Å². The van der Waals surface area contributed by atoms with Gasteiger partial charge in [0.2, 0.25) is 0 Å². The van der Waals surface area contributed by atoms with Gasteiger partial charge >= 0.3 is 0 Å². The van der Waals surface area contributed by atoms with Crippen LogP contribution in [0.1, 0.15) is 31.0 Å². The second-order valence-electron chi connectivity index (χ2n) is 4.35. The average molecular weight is 245 g/mol. The first-order valence-corrected chi connectivity index (χ1v) is 6.18. The number of nitrogens with zero attached hydrogens (tertiary/aromatic N) is 2. The monoisotopic (exact) mass is 245 g/mol. The fourth-order valence-corrected chi connectivity index (χ4v) is 1.71. The third-order valence-corrected chi connectivity index (χ3v) is 2.80. The van der Waals surface area contributed by atoms with Gasteiger partial charge in [-0.2, -0.15) is 5.10 Å². The van der Waals surface area contributed by atoms with Gasteiger partial charge in [0.25, 0.3) is 0 Å². The Morgan fingerprint density at radius 1 is 1.44 bits per heavy atom. The van der Waals surface area contributed by atoms with Gasteiger partial charge in [0, 0.05) is 24.3 Å². The number of rotatable bonds is 5. The van der Waals surface area contributed by atoms with Gasteiger partial charge in [0.15, 0.2) is 0 Å². The van der Waals surface area contributed by atoms with Gasteiger partial charge in [-0.1, -0.05) is 12.1 Å². The van der Waals surface area contributed by atoms with Crippen molar-refractivity contribution in [2.24, 2.45) is 5.73 Å². The van der Waals surface area contributed by atoms with E-state index in [1.165, 1.54) is 0 Å². The van der Waals surface area contributed by atoms with E-state index >= 15 is 0 Å².